The third-order valence-corrected chi connectivity index (χ3v) is 3.53. The number of aliphatic hydroxyl groups excluding tert-OH is 2. The van der Waals surface area contributed by atoms with Crippen LogP contribution in [0.2, 0.25) is 0 Å². The molecule has 0 aliphatic heterocycles. The summed E-state index contributed by atoms with van der Waals surface area (Å²) >= 11 is 0. The van der Waals surface area contributed by atoms with Crippen LogP contribution in [-0.2, 0) is 20.7 Å². The number of carboxylic acid groups (broad SMARTS) is 2. The van der Waals surface area contributed by atoms with E-state index in [1.807, 2.05) is 0 Å². The predicted octanol–water partition coefficient (Wildman–Crippen LogP) is 2.76. The van der Waals surface area contributed by atoms with Gasteiger partial charge in [0.15, 0.2) is 0 Å². The number of ether oxygens (including phenoxy) is 1. The minimum Gasteiger partial charge on any atom is -0.478 e. The second-order valence-electron chi connectivity index (χ2n) is 5.64. The van der Waals surface area contributed by atoms with E-state index < -0.39 is 11.9 Å². The topological polar surface area (TPSA) is 124 Å². The van der Waals surface area contributed by atoms with Gasteiger partial charge in [0.05, 0.1) is 26.4 Å². The zero-order valence-electron chi connectivity index (χ0n) is 16.7. The summed E-state index contributed by atoms with van der Waals surface area (Å²) < 4.78 is 4.63. The quantitative estimate of drug-likeness (QED) is 0.360. The summed E-state index contributed by atoms with van der Waals surface area (Å²) in [6, 6.07) is 17.3. The zero-order chi connectivity index (χ0) is 22.8. The molecule has 4 N–H and O–H groups in total. The third-order valence-electron chi connectivity index (χ3n) is 3.53. The fourth-order valence-corrected chi connectivity index (χ4v) is 2.31. The highest BCUT2D eigenvalue weighted by atomic mass is 16.5. The first-order valence-corrected chi connectivity index (χ1v) is 9.07. The number of aliphatic carboxylic acids is 2. The Morgan fingerprint density at radius 1 is 0.800 bits per heavy atom. The summed E-state index contributed by atoms with van der Waals surface area (Å²) in [7, 11) is 0. The molecular weight excluding hydrogens is 388 g/mol. The first-order valence-electron chi connectivity index (χ1n) is 9.07. The van der Waals surface area contributed by atoms with Crippen LogP contribution < -0.4 is 0 Å². The second-order valence-corrected chi connectivity index (χ2v) is 5.64. The van der Waals surface area contributed by atoms with Crippen LogP contribution in [0.4, 0.5) is 0 Å². The van der Waals surface area contributed by atoms with Crippen LogP contribution in [0.3, 0.4) is 0 Å². The van der Waals surface area contributed by atoms with E-state index in [9.17, 15) is 9.59 Å². The van der Waals surface area contributed by atoms with Gasteiger partial charge in [0.1, 0.15) is 0 Å². The van der Waals surface area contributed by atoms with E-state index in [-0.39, 0.29) is 13.2 Å². The monoisotopic (exact) mass is 416 g/mol. The van der Waals surface area contributed by atoms with Crippen molar-refractivity contribution in [3.05, 3.63) is 85.0 Å². The van der Waals surface area contributed by atoms with E-state index >= 15 is 0 Å². The smallest absolute Gasteiger partial charge is 0.327 e. The number of aliphatic hydroxyl groups is 2. The van der Waals surface area contributed by atoms with Crippen LogP contribution in [-0.4, -0.2) is 58.8 Å². The van der Waals surface area contributed by atoms with E-state index in [2.05, 4.69) is 66.4 Å². The second kappa shape index (κ2) is 16.7. The normalized spacial score (nSPS) is 9.67. The molecule has 3 rings (SSSR count). The number of rotatable bonds is 6. The Hall–Kier alpha value is -3.26. The maximum Gasteiger partial charge on any atom is 0.327 e. The summed E-state index contributed by atoms with van der Waals surface area (Å²) in [6.45, 7) is 6.62. The molecule has 7 nitrogen and oxygen atoms in total. The van der Waals surface area contributed by atoms with Gasteiger partial charge in [-0.1, -0.05) is 61.7 Å². The molecule has 0 saturated heterocycles. The molecule has 1 aliphatic rings. The van der Waals surface area contributed by atoms with Crippen molar-refractivity contribution in [1.29, 1.82) is 0 Å². The van der Waals surface area contributed by atoms with Crippen LogP contribution in [0.25, 0.3) is 11.1 Å². The molecule has 0 amide bonds. The number of hydrogen-bond donors (Lipinski definition) is 4. The number of benzene rings is 2. The molecule has 2 aromatic rings. The molecule has 0 spiro atoms. The minimum atomic E-state index is -0.981. The van der Waals surface area contributed by atoms with Gasteiger partial charge in [-0.15, -0.1) is 0 Å². The van der Waals surface area contributed by atoms with Gasteiger partial charge in [-0.2, -0.15) is 0 Å². The van der Waals surface area contributed by atoms with Crippen molar-refractivity contribution in [2.24, 2.45) is 0 Å². The summed E-state index contributed by atoms with van der Waals surface area (Å²) in [5.41, 5.74) is 5.75. The fourth-order valence-electron chi connectivity index (χ4n) is 2.31. The van der Waals surface area contributed by atoms with E-state index in [1.54, 1.807) is 0 Å². The zero-order valence-corrected chi connectivity index (χ0v) is 16.7. The van der Waals surface area contributed by atoms with Gasteiger partial charge in [0.25, 0.3) is 0 Å². The van der Waals surface area contributed by atoms with E-state index in [1.165, 1.54) is 22.3 Å². The average Bonchev–Trinajstić information content (AvgIpc) is 3.14. The number of carboxylic acids is 2. The average molecular weight is 416 g/mol. The summed E-state index contributed by atoms with van der Waals surface area (Å²) in [5.74, 6) is -1.96. The van der Waals surface area contributed by atoms with Crippen molar-refractivity contribution in [1.82, 2.24) is 0 Å². The van der Waals surface area contributed by atoms with Crippen molar-refractivity contribution in [3.8, 4) is 11.1 Å². The highest BCUT2D eigenvalue weighted by molar-refractivity contribution is 5.79. The first kappa shape index (κ1) is 26.7. The van der Waals surface area contributed by atoms with E-state index in [0.29, 0.717) is 13.2 Å². The molecule has 7 heteroatoms. The largest absolute Gasteiger partial charge is 0.478 e. The molecular formula is C23H28O7. The Balaban J connectivity index is 0.000000424. The third kappa shape index (κ3) is 11.6. The molecule has 0 bridgehead atoms. The highest BCUT2D eigenvalue weighted by Crippen LogP contribution is 2.35. The molecule has 0 fully saturated rings. The van der Waals surface area contributed by atoms with Crippen LogP contribution in [0, 0.1) is 0 Å². The van der Waals surface area contributed by atoms with Gasteiger partial charge in [-0.05, 0) is 28.7 Å². The lowest BCUT2D eigenvalue weighted by Crippen LogP contribution is -2.03. The Morgan fingerprint density at radius 2 is 1.13 bits per heavy atom. The van der Waals surface area contributed by atoms with Crippen molar-refractivity contribution < 1.29 is 34.8 Å². The molecule has 162 valence electrons. The first-order chi connectivity index (χ1) is 14.4. The van der Waals surface area contributed by atoms with Crippen molar-refractivity contribution >= 4 is 11.9 Å². The molecule has 0 aromatic heterocycles. The molecule has 0 saturated carbocycles. The maximum atomic E-state index is 9.25. The lowest BCUT2D eigenvalue weighted by Gasteiger charge is -1.98. The van der Waals surface area contributed by atoms with Crippen LogP contribution in [0.1, 0.15) is 11.1 Å². The molecule has 2 aromatic carbocycles. The van der Waals surface area contributed by atoms with Gasteiger partial charge in [-0.3, -0.25) is 0 Å². The molecule has 0 atom stereocenters. The number of fused-ring (bicyclic) bond motifs is 3. The van der Waals surface area contributed by atoms with Crippen molar-refractivity contribution in [2.45, 2.75) is 6.42 Å². The Morgan fingerprint density at radius 3 is 1.43 bits per heavy atom. The summed E-state index contributed by atoms with van der Waals surface area (Å²) in [4.78, 5) is 18.5. The lowest BCUT2D eigenvalue weighted by atomic mass is 10.1. The van der Waals surface area contributed by atoms with Crippen LogP contribution >= 0.6 is 0 Å². The molecule has 0 heterocycles. The SMILES string of the molecule is C=CC(=O)O.C=CC(=O)O.OCCOCCO.c1ccc2c(c1)Cc1ccccc1-2. The van der Waals surface area contributed by atoms with Gasteiger partial charge in [0, 0.05) is 12.2 Å². The molecule has 30 heavy (non-hydrogen) atoms. The van der Waals surface area contributed by atoms with Crippen molar-refractivity contribution in [2.75, 3.05) is 26.4 Å². The van der Waals surface area contributed by atoms with Gasteiger partial charge in [-0.25, -0.2) is 9.59 Å². The summed E-state index contributed by atoms with van der Waals surface area (Å²) in [6.07, 6.45) is 2.77. The maximum absolute atomic E-state index is 9.25. The standard InChI is InChI=1S/C13H10.C4H10O3.2C3H4O2/c1-3-7-12-10(5-1)9-11-6-2-4-8-13(11)12;5-1-3-7-4-2-6;2*1-2-3(4)5/h1-8H,9H2;5-6H,1-4H2;2*2H,1H2,(H,4,5). The lowest BCUT2D eigenvalue weighted by molar-refractivity contribution is -0.132. The van der Waals surface area contributed by atoms with Gasteiger partial charge >= 0.3 is 11.9 Å². The Labute approximate surface area is 176 Å². The highest BCUT2D eigenvalue weighted by Gasteiger charge is 2.15. The Kier molecular flexibility index (Phi) is 14.9. The van der Waals surface area contributed by atoms with Gasteiger partial charge < -0.3 is 25.2 Å². The number of carbonyl (C=O) groups is 2. The minimum absolute atomic E-state index is 0.0278. The fraction of sp³-hybridized carbons (Fsp3) is 0.217. The molecule has 0 unspecified atom stereocenters. The van der Waals surface area contributed by atoms with E-state index in [4.69, 9.17) is 20.4 Å². The summed E-state index contributed by atoms with van der Waals surface area (Å²) in [5, 5.41) is 31.4. The van der Waals surface area contributed by atoms with Crippen LogP contribution in [0.5, 0.6) is 0 Å². The van der Waals surface area contributed by atoms with Crippen LogP contribution in [0.15, 0.2) is 73.8 Å². The Bertz CT molecular complexity index is 734. The predicted molar refractivity (Wildman–Crippen MR) is 115 cm³/mol. The number of hydrogen-bond acceptors (Lipinski definition) is 5. The molecule has 1 aliphatic carbocycles. The van der Waals surface area contributed by atoms with E-state index in [0.717, 1.165) is 18.6 Å². The van der Waals surface area contributed by atoms with Crippen molar-refractivity contribution in [3.63, 3.8) is 0 Å². The molecule has 0 radical (unpaired) electrons. The van der Waals surface area contributed by atoms with Gasteiger partial charge in [0.2, 0.25) is 0 Å².